The van der Waals surface area contributed by atoms with Crippen LogP contribution >= 0.6 is 0 Å². The van der Waals surface area contributed by atoms with Crippen molar-refractivity contribution >= 4 is 17.4 Å². The minimum absolute atomic E-state index is 0.0249. The fraction of sp³-hybridized carbons (Fsp3) is 0.368. The van der Waals surface area contributed by atoms with Crippen LogP contribution in [-0.2, 0) is 0 Å². The summed E-state index contributed by atoms with van der Waals surface area (Å²) in [7, 11) is 0. The Morgan fingerprint density at radius 2 is 2.00 bits per heavy atom. The minimum Gasteiger partial charge on any atom is -0.337 e. The molecule has 0 saturated carbocycles. The van der Waals surface area contributed by atoms with Gasteiger partial charge in [-0.3, -0.25) is 4.79 Å². The Hall–Kier alpha value is -2.47. The number of benzene rings is 1. The molecule has 2 aromatic rings. The van der Waals surface area contributed by atoms with E-state index in [1.807, 2.05) is 4.90 Å². The molecule has 2 bridgehead atoms. The molecule has 0 aliphatic carbocycles. The molecule has 4 rings (SSSR count). The lowest BCUT2D eigenvalue weighted by atomic mass is 10.1. The van der Waals surface area contributed by atoms with E-state index in [2.05, 4.69) is 15.6 Å². The second-order valence-corrected chi connectivity index (χ2v) is 6.59. The second-order valence-electron chi connectivity index (χ2n) is 6.59. The quantitative estimate of drug-likeness (QED) is 0.902. The van der Waals surface area contributed by atoms with E-state index in [-0.39, 0.29) is 23.8 Å². The average Bonchev–Trinajstić information content (AvgIpc) is 2.89. The van der Waals surface area contributed by atoms with Crippen molar-refractivity contribution in [3.63, 3.8) is 0 Å². The maximum absolute atomic E-state index is 14.0. The molecule has 2 unspecified atom stereocenters. The first-order valence-electron chi connectivity index (χ1n) is 8.74. The number of rotatable bonds is 3. The number of para-hydroxylation sites is 1. The maximum Gasteiger partial charge on any atom is 0.258 e. The highest BCUT2D eigenvalue weighted by Gasteiger charge is 2.39. The number of aromatic nitrogens is 1. The van der Waals surface area contributed by atoms with Gasteiger partial charge in [0.15, 0.2) is 0 Å². The number of carbonyl (C=O) groups excluding carboxylic acids is 1. The van der Waals surface area contributed by atoms with E-state index in [4.69, 9.17) is 0 Å². The van der Waals surface area contributed by atoms with Crippen LogP contribution in [0.4, 0.5) is 15.9 Å². The Balaban J connectivity index is 1.64. The molecule has 2 fully saturated rings. The summed E-state index contributed by atoms with van der Waals surface area (Å²) in [4.78, 5) is 19.5. The van der Waals surface area contributed by atoms with Gasteiger partial charge in [0.05, 0.1) is 11.3 Å². The molecule has 0 radical (unpaired) electrons. The molecular weight excluding hydrogens is 319 g/mol. The van der Waals surface area contributed by atoms with Gasteiger partial charge in [0, 0.05) is 24.8 Å². The number of pyridine rings is 1. The number of anilines is 2. The van der Waals surface area contributed by atoms with Crippen molar-refractivity contribution in [2.24, 2.45) is 0 Å². The highest BCUT2D eigenvalue weighted by molar-refractivity contribution is 6.00. The van der Waals surface area contributed by atoms with Crippen LogP contribution < -0.4 is 10.6 Å². The van der Waals surface area contributed by atoms with Gasteiger partial charge in [-0.1, -0.05) is 12.1 Å². The number of halogens is 1. The molecule has 2 aliphatic rings. The summed E-state index contributed by atoms with van der Waals surface area (Å²) in [5.41, 5.74) is 0.806. The van der Waals surface area contributed by atoms with E-state index >= 15 is 0 Å². The summed E-state index contributed by atoms with van der Waals surface area (Å²) < 4.78 is 14.0. The summed E-state index contributed by atoms with van der Waals surface area (Å²) in [6, 6.07) is 10.4. The molecule has 5 nitrogen and oxygen atoms in total. The fourth-order valence-corrected chi connectivity index (χ4v) is 3.82. The van der Waals surface area contributed by atoms with Crippen molar-refractivity contribution in [2.75, 3.05) is 18.4 Å². The minimum atomic E-state index is -0.370. The predicted octanol–water partition coefficient (Wildman–Crippen LogP) is 2.93. The van der Waals surface area contributed by atoms with Crippen LogP contribution in [0.15, 0.2) is 42.6 Å². The van der Waals surface area contributed by atoms with Gasteiger partial charge in [-0.15, -0.1) is 0 Å². The molecule has 2 atom stereocenters. The van der Waals surface area contributed by atoms with Crippen LogP contribution in [0.25, 0.3) is 0 Å². The van der Waals surface area contributed by atoms with Gasteiger partial charge in [0.2, 0.25) is 0 Å². The van der Waals surface area contributed by atoms with Crippen LogP contribution in [0, 0.1) is 5.82 Å². The Kier molecular flexibility index (Phi) is 4.36. The summed E-state index contributed by atoms with van der Waals surface area (Å²) in [6.45, 7) is 1.77. The van der Waals surface area contributed by atoms with Crippen LogP contribution in [0.2, 0.25) is 0 Å². The van der Waals surface area contributed by atoms with E-state index in [1.165, 1.54) is 6.07 Å². The van der Waals surface area contributed by atoms with Crippen molar-refractivity contribution in [3.05, 3.63) is 54.0 Å². The molecule has 1 aromatic carbocycles. The Bertz CT molecular complexity index is 768. The second kappa shape index (κ2) is 6.80. The topological polar surface area (TPSA) is 57.3 Å². The van der Waals surface area contributed by atoms with Crippen molar-refractivity contribution in [1.82, 2.24) is 15.2 Å². The van der Waals surface area contributed by atoms with Gasteiger partial charge in [-0.25, -0.2) is 9.37 Å². The zero-order valence-electron chi connectivity index (χ0n) is 13.9. The molecule has 1 amide bonds. The predicted molar refractivity (Wildman–Crippen MR) is 94.4 cm³/mol. The third-order valence-corrected chi connectivity index (χ3v) is 5.05. The maximum atomic E-state index is 14.0. The summed E-state index contributed by atoms with van der Waals surface area (Å²) >= 11 is 0. The van der Waals surface area contributed by atoms with Crippen molar-refractivity contribution < 1.29 is 9.18 Å². The van der Waals surface area contributed by atoms with Crippen LogP contribution in [0.5, 0.6) is 0 Å². The van der Waals surface area contributed by atoms with Crippen molar-refractivity contribution in [1.29, 1.82) is 0 Å². The summed E-state index contributed by atoms with van der Waals surface area (Å²) in [5.74, 6) is 0.00272. The van der Waals surface area contributed by atoms with Gasteiger partial charge < -0.3 is 15.5 Å². The highest BCUT2D eigenvalue weighted by Crippen LogP contribution is 2.31. The molecular formula is C19H21FN4O. The third-order valence-electron chi connectivity index (χ3n) is 5.05. The van der Waals surface area contributed by atoms with E-state index in [0.29, 0.717) is 17.1 Å². The summed E-state index contributed by atoms with van der Waals surface area (Å²) in [6.07, 6.45) is 4.66. The largest absolute Gasteiger partial charge is 0.337 e. The van der Waals surface area contributed by atoms with Crippen LogP contribution in [0.1, 0.15) is 29.6 Å². The van der Waals surface area contributed by atoms with Crippen LogP contribution in [0.3, 0.4) is 0 Å². The molecule has 130 valence electrons. The average molecular weight is 340 g/mol. The number of carbonyl (C=O) groups is 1. The zero-order chi connectivity index (χ0) is 17.2. The van der Waals surface area contributed by atoms with Crippen molar-refractivity contribution in [2.45, 2.75) is 31.3 Å². The zero-order valence-corrected chi connectivity index (χ0v) is 13.9. The standard InChI is InChI=1S/C19H21FN4O/c20-16-5-1-2-6-17(16)23-18-15(4-3-10-22-18)19(25)24-13-7-8-14(24)12-21-11-9-13/h1-6,10,13-14,21H,7-9,11-12H2,(H,22,23). The molecule has 2 saturated heterocycles. The third kappa shape index (κ3) is 3.09. The molecule has 2 N–H and O–H groups in total. The van der Waals surface area contributed by atoms with Gasteiger partial charge >= 0.3 is 0 Å². The molecule has 2 aliphatic heterocycles. The first-order valence-corrected chi connectivity index (χ1v) is 8.74. The number of hydrogen-bond acceptors (Lipinski definition) is 4. The Morgan fingerprint density at radius 1 is 1.16 bits per heavy atom. The van der Waals surface area contributed by atoms with Gasteiger partial charge in [-0.2, -0.15) is 0 Å². The van der Waals surface area contributed by atoms with Gasteiger partial charge in [0.25, 0.3) is 5.91 Å². The number of nitrogens with one attached hydrogen (secondary N) is 2. The molecule has 3 heterocycles. The van der Waals surface area contributed by atoms with E-state index in [1.54, 1.807) is 36.5 Å². The summed E-state index contributed by atoms with van der Waals surface area (Å²) in [5, 5.41) is 6.38. The number of hydrogen-bond donors (Lipinski definition) is 2. The SMILES string of the molecule is O=C(c1cccnc1Nc1ccccc1F)N1C2CCNCC1CC2. The van der Waals surface area contributed by atoms with Crippen molar-refractivity contribution in [3.8, 4) is 0 Å². The lowest BCUT2D eigenvalue weighted by Gasteiger charge is -2.28. The number of amides is 1. The van der Waals surface area contributed by atoms with E-state index < -0.39 is 0 Å². The van der Waals surface area contributed by atoms with Crippen LogP contribution in [-0.4, -0.2) is 41.0 Å². The smallest absolute Gasteiger partial charge is 0.258 e. The van der Waals surface area contributed by atoms with Gasteiger partial charge in [0.1, 0.15) is 11.6 Å². The molecule has 25 heavy (non-hydrogen) atoms. The molecule has 1 aromatic heterocycles. The number of nitrogens with zero attached hydrogens (tertiary/aromatic N) is 2. The van der Waals surface area contributed by atoms with Gasteiger partial charge in [-0.05, 0) is 50.1 Å². The van der Waals surface area contributed by atoms with E-state index in [0.717, 1.165) is 32.4 Å². The lowest BCUT2D eigenvalue weighted by Crippen LogP contribution is -2.42. The monoisotopic (exact) mass is 340 g/mol. The normalized spacial score (nSPS) is 22.5. The lowest BCUT2D eigenvalue weighted by molar-refractivity contribution is 0.0681. The Morgan fingerprint density at radius 3 is 2.88 bits per heavy atom. The molecule has 0 spiro atoms. The highest BCUT2D eigenvalue weighted by atomic mass is 19.1. The van der Waals surface area contributed by atoms with E-state index in [9.17, 15) is 9.18 Å². The Labute approximate surface area is 146 Å². The number of fused-ring (bicyclic) bond motifs is 2. The first kappa shape index (κ1) is 16.0. The fourth-order valence-electron chi connectivity index (χ4n) is 3.82. The first-order chi connectivity index (χ1) is 12.2. The molecule has 6 heteroatoms.